The number of nitrogens with zero attached hydrogens (tertiary/aromatic N) is 3. The van der Waals surface area contributed by atoms with E-state index in [-0.39, 0.29) is 0 Å². The molecule has 4 nitrogen and oxygen atoms in total. The van der Waals surface area contributed by atoms with Crippen LogP contribution in [0.1, 0.15) is 0 Å². The van der Waals surface area contributed by atoms with Crippen LogP contribution in [-0.4, -0.2) is 20.2 Å². The van der Waals surface area contributed by atoms with Gasteiger partial charge in [0.25, 0.3) is 0 Å². The summed E-state index contributed by atoms with van der Waals surface area (Å²) in [4.78, 5) is 8.71. The summed E-state index contributed by atoms with van der Waals surface area (Å²) in [7, 11) is 0. The van der Waals surface area contributed by atoms with Crippen molar-refractivity contribution in [3.8, 4) is 11.3 Å². The fourth-order valence-corrected chi connectivity index (χ4v) is 2.02. The summed E-state index contributed by atoms with van der Waals surface area (Å²) in [6.45, 7) is 0. The van der Waals surface area contributed by atoms with E-state index in [2.05, 4.69) is 36.1 Å². The van der Waals surface area contributed by atoms with Crippen LogP contribution in [0.25, 0.3) is 22.2 Å². The molecule has 0 aliphatic carbocycles. The first kappa shape index (κ1) is 9.47. The first-order valence-electron chi connectivity index (χ1n) is 4.76. The molecule has 1 N–H and O–H groups in total. The molecule has 0 aliphatic heterocycles. The smallest absolute Gasteiger partial charge is 0.197 e. The van der Waals surface area contributed by atoms with E-state index >= 15 is 0 Å². The van der Waals surface area contributed by atoms with Gasteiger partial charge in [0.15, 0.2) is 4.73 Å². The third kappa shape index (κ3) is 1.49. The Morgan fingerprint density at radius 1 is 1.12 bits per heavy atom. The van der Waals surface area contributed by atoms with Gasteiger partial charge in [0.2, 0.25) is 0 Å². The Morgan fingerprint density at radius 3 is 2.81 bits per heavy atom. The SMILES string of the molecule is Brc1nc(-c2cn[nH]c2)c2ccccc2n1. The molecule has 2 aromatic heterocycles. The molecule has 0 saturated heterocycles. The van der Waals surface area contributed by atoms with E-state index in [1.165, 1.54) is 0 Å². The molecule has 3 rings (SSSR count). The normalized spacial score (nSPS) is 10.8. The third-order valence-electron chi connectivity index (χ3n) is 2.35. The minimum Gasteiger partial charge on any atom is -0.285 e. The Balaban J connectivity index is 2.39. The fraction of sp³-hybridized carbons (Fsp3) is 0. The highest BCUT2D eigenvalue weighted by Crippen LogP contribution is 2.26. The number of H-pyrrole nitrogens is 1. The predicted octanol–water partition coefficient (Wildman–Crippen LogP) is 2.78. The minimum atomic E-state index is 0.586. The Kier molecular flexibility index (Phi) is 2.18. The van der Waals surface area contributed by atoms with Crippen LogP contribution in [0.15, 0.2) is 41.4 Å². The molecule has 0 atom stereocenters. The number of rotatable bonds is 1. The average Bonchev–Trinajstić information content (AvgIpc) is 2.81. The second-order valence-corrected chi connectivity index (χ2v) is 4.05. The Bertz CT molecular complexity index is 634. The molecule has 0 fully saturated rings. The van der Waals surface area contributed by atoms with E-state index < -0.39 is 0 Å². The van der Waals surface area contributed by atoms with Crippen LogP contribution in [0.4, 0.5) is 0 Å². The molecule has 2 heterocycles. The van der Waals surface area contributed by atoms with Crippen LogP contribution in [0.2, 0.25) is 0 Å². The molecule has 3 aromatic rings. The number of aromatic nitrogens is 4. The van der Waals surface area contributed by atoms with Crippen LogP contribution in [-0.2, 0) is 0 Å². The van der Waals surface area contributed by atoms with Gasteiger partial charge in [-0.2, -0.15) is 5.10 Å². The summed E-state index contributed by atoms with van der Waals surface area (Å²) in [5.41, 5.74) is 2.76. The Hall–Kier alpha value is -1.75. The highest BCUT2D eigenvalue weighted by Gasteiger charge is 2.08. The Labute approximate surface area is 99.9 Å². The van der Waals surface area contributed by atoms with E-state index in [0.29, 0.717) is 4.73 Å². The topological polar surface area (TPSA) is 54.5 Å². The second-order valence-electron chi connectivity index (χ2n) is 3.35. The summed E-state index contributed by atoms with van der Waals surface area (Å²) in [6.07, 6.45) is 3.57. The van der Waals surface area contributed by atoms with Gasteiger partial charge in [0.05, 0.1) is 17.4 Å². The van der Waals surface area contributed by atoms with Crippen molar-refractivity contribution < 1.29 is 0 Å². The number of fused-ring (bicyclic) bond motifs is 1. The maximum absolute atomic E-state index is 4.39. The molecule has 0 radical (unpaired) electrons. The maximum Gasteiger partial charge on any atom is 0.197 e. The van der Waals surface area contributed by atoms with Crippen LogP contribution >= 0.6 is 15.9 Å². The van der Waals surface area contributed by atoms with Crippen LogP contribution in [0, 0.1) is 0 Å². The van der Waals surface area contributed by atoms with Crippen molar-refractivity contribution in [2.24, 2.45) is 0 Å². The van der Waals surface area contributed by atoms with Crippen molar-refractivity contribution in [1.82, 2.24) is 20.2 Å². The monoisotopic (exact) mass is 274 g/mol. The van der Waals surface area contributed by atoms with E-state index in [9.17, 15) is 0 Å². The molecule has 16 heavy (non-hydrogen) atoms. The summed E-state index contributed by atoms with van der Waals surface area (Å²) in [5, 5.41) is 7.74. The zero-order chi connectivity index (χ0) is 11.0. The quantitative estimate of drug-likeness (QED) is 0.695. The number of hydrogen-bond acceptors (Lipinski definition) is 3. The van der Waals surface area contributed by atoms with Crippen molar-refractivity contribution in [3.05, 3.63) is 41.4 Å². The summed E-state index contributed by atoms with van der Waals surface area (Å²) in [5.74, 6) is 0. The lowest BCUT2D eigenvalue weighted by Crippen LogP contribution is -1.90. The maximum atomic E-state index is 4.39. The number of para-hydroxylation sites is 1. The molecule has 0 amide bonds. The van der Waals surface area contributed by atoms with Gasteiger partial charge in [-0.05, 0) is 22.0 Å². The number of benzene rings is 1. The predicted molar refractivity (Wildman–Crippen MR) is 64.8 cm³/mol. The molecular weight excluding hydrogens is 268 g/mol. The van der Waals surface area contributed by atoms with Gasteiger partial charge in [0, 0.05) is 17.1 Å². The minimum absolute atomic E-state index is 0.586. The first-order chi connectivity index (χ1) is 7.84. The van der Waals surface area contributed by atoms with Gasteiger partial charge in [-0.1, -0.05) is 18.2 Å². The van der Waals surface area contributed by atoms with Crippen molar-refractivity contribution in [1.29, 1.82) is 0 Å². The van der Waals surface area contributed by atoms with Gasteiger partial charge in [-0.25, -0.2) is 9.97 Å². The molecule has 78 valence electrons. The third-order valence-corrected chi connectivity index (χ3v) is 2.70. The van der Waals surface area contributed by atoms with Crippen LogP contribution < -0.4 is 0 Å². The Morgan fingerprint density at radius 2 is 2.00 bits per heavy atom. The van der Waals surface area contributed by atoms with E-state index in [1.54, 1.807) is 6.20 Å². The summed E-state index contributed by atoms with van der Waals surface area (Å²) >= 11 is 3.32. The average molecular weight is 275 g/mol. The largest absolute Gasteiger partial charge is 0.285 e. The van der Waals surface area contributed by atoms with Crippen molar-refractivity contribution in [2.45, 2.75) is 0 Å². The van der Waals surface area contributed by atoms with E-state index in [1.807, 2.05) is 30.5 Å². The van der Waals surface area contributed by atoms with E-state index in [4.69, 9.17) is 0 Å². The lowest BCUT2D eigenvalue weighted by atomic mass is 10.1. The van der Waals surface area contributed by atoms with Gasteiger partial charge in [0.1, 0.15) is 0 Å². The summed E-state index contributed by atoms with van der Waals surface area (Å²) < 4.78 is 0.586. The molecule has 0 saturated carbocycles. The van der Waals surface area contributed by atoms with Gasteiger partial charge in [-0.3, -0.25) is 5.10 Å². The zero-order valence-corrected chi connectivity index (χ0v) is 9.77. The molecule has 0 aliphatic rings. The number of aromatic amines is 1. The molecule has 0 unspecified atom stereocenters. The zero-order valence-electron chi connectivity index (χ0n) is 8.18. The van der Waals surface area contributed by atoms with Crippen LogP contribution in [0.3, 0.4) is 0 Å². The molecule has 0 spiro atoms. The van der Waals surface area contributed by atoms with Crippen molar-refractivity contribution in [3.63, 3.8) is 0 Å². The van der Waals surface area contributed by atoms with Gasteiger partial charge >= 0.3 is 0 Å². The molecular formula is C11H7BrN4. The van der Waals surface area contributed by atoms with Crippen LogP contribution in [0.5, 0.6) is 0 Å². The van der Waals surface area contributed by atoms with Crippen molar-refractivity contribution >= 4 is 26.8 Å². The highest BCUT2D eigenvalue weighted by atomic mass is 79.9. The summed E-state index contributed by atoms with van der Waals surface area (Å²) in [6, 6.07) is 7.90. The van der Waals surface area contributed by atoms with Gasteiger partial charge in [-0.15, -0.1) is 0 Å². The van der Waals surface area contributed by atoms with Crippen molar-refractivity contribution in [2.75, 3.05) is 0 Å². The fourth-order valence-electron chi connectivity index (χ4n) is 1.65. The number of nitrogens with one attached hydrogen (secondary N) is 1. The number of halogens is 1. The molecule has 5 heteroatoms. The molecule has 1 aromatic carbocycles. The van der Waals surface area contributed by atoms with Gasteiger partial charge < -0.3 is 0 Å². The second kappa shape index (κ2) is 3.68. The lowest BCUT2D eigenvalue weighted by Gasteiger charge is -2.03. The number of hydrogen-bond donors (Lipinski definition) is 1. The standard InChI is InChI=1S/C11H7BrN4/c12-11-15-9-4-2-1-3-8(9)10(16-11)7-5-13-14-6-7/h1-6H,(H,13,14). The van der Waals surface area contributed by atoms with E-state index in [0.717, 1.165) is 22.2 Å². The first-order valence-corrected chi connectivity index (χ1v) is 5.55. The lowest BCUT2D eigenvalue weighted by molar-refractivity contribution is 1.09. The molecule has 0 bridgehead atoms. The highest BCUT2D eigenvalue weighted by molar-refractivity contribution is 9.10.